The molecule has 0 aliphatic heterocycles. The van der Waals surface area contributed by atoms with Gasteiger partial charge in [0.1, 0.15) is 5.75 Å². The van der Waals surface area contributed by atoms with Gasteiger partial charge in [0.25, 0.3) is 0 Å². The summed E-state index contributed by atoms with van der Waals surface area (Å²) in [5.74, 6) is 0.638. The predicted octanol–water partition coefficient (Wildman–Crippen LogP) is 3.30. The summed E-state index contributed by atoms with van der Waals surface area (Å²) in [6, 6.07) is 10.1. The fourth-order valence-electron chi connectivity index (χ4n) is 1.64. The van der Waals surface area contributed by atoms with E-state index in [0.717, 1.165) is 5.56 Å². The monoisotopic (exact) mass is 280 g/mol. The third-order valence-electron chi connectivity index (χ3n) is 2.59. The molecule has 0 aliphatic rings. The quantitative estimate of drug-likeness (QED) is 0.881. The minimum atomic E-state index is -2.85. The second kappa shape index (κ2) is 6.70. The van der Waals surface area contributed by atoms with Crippen molar-refractivity contribution in [1.82, 2.24) is 4.98 Å². The van der Waals surface area contributed by atoms with Crippen LogP contribution < -0.4 is 14.8 Å². The van der Waals surface area contributed by atoms with E-state index in [1.807, 2.05) is 6.07 Å². The summed E-state index contributed by atoms with van der Waals surface area (Å²) in [5.41, 5.74) is 1.40. The van der Waals surface area contributed by atoms with E-state index in [-0.39, 0.29) is 5.75 Å². The highest BCUT2D eigenvalue weighted by atomic mass is 19.3. The molecule has 1 aromatic heterocycles. The number of para-hydroxylation sites is 2. The summed E-state index contributed by atoms with van der Waals surface area (Å²) in [5, 5.41) is 3.03. The molecule has 6 heteroatoms. The number of pyridine rings is 1. The Balaban J connectivity index is 2.02. The molecule has 0 amide bonds. The lowest BCUT2D eigenvalue weighted by Crippen LogP contribution is -2.06. The molecule has 2 rings (SSSR count). The molecule has 0 bridgehead atoms. The normalized spacial score (nSPS) is 10.4. The molecule has 106 valence electrons. The van der Waals surface area contributed by atoms with Crippen molar-refractivity contribution in [2.24, 2.45) is 0 Å². The molecule has 1 aromatic carbocycles. The van der Waals surface area contributed by atoms with Gasteiger partial charge >= 0.3 is 6.61 Å². The van der Waals surface area contributed by atoms with Gasteiger partial charge in [0, 0.05) is 18.8 Å². The van der Waals surface area contributed by atoms with Crippen molar-refractivity contribution >= 4 is 5.69 Å². The van der Waals surface area contributed by atoms with Crippen molar-refractivity contribution in [2.45, 2.75) is 13.2 Å². The lowest BCUT2D eigenvalue weighted by Gasteiger charge is -2.12. The maximum absolute atomic E-state index is 12.3. The third-order valence-corrected chi connectivity index (χ3v) is 2.59. The Bertz CT molecular complexity index is 547. The summed E-state index contributed by atoms with van der Waals surface area (Å²) in [7, 11) is 1.54. The van der Waals surface area contributed by atoms with Gasteiger partial charge in [-0.15, -0.1) is 0 Å². The van der Waals surface area contributed by atoms with E-state index in [1.54, 1.807) is 30.5 Å². The fraction of sp³-hybridized carbons (Fsp3) is 0.214. The molecule has 0 saturated heterocycles. The number of rotatable bonds is 6. The molecule has 0 atom stereocenters. The minimum Gasteiger partial charge on any atom is -0.481 e. The molecule has 0 radical (unpaired) electrons. The number of alkyl halides is 2. The van der Waals surface area contributed by atoms with Gasteiger partial charge < -0.3 is 14.8 Å². The van der Waals surface area contributed by atoms with Gasteiger partial charge in [0.05, 0.1) is 12.8 Å². The van der Waals surface area contributed by atoms with Crippen LogP contribution in [0.2, 0.25) is 0 Å². The Morgan fingerprint density at radius 1 is 1.20 bits per heavy atom. The van der Waals surface area contributed by atoms with Crippen molar-refractivity contribution in [1.29, 1.82) is 0 Å². The molecule has 0 spiro atoms. The number of hydrogen-bond acceptors (Lipinski definition) is 4. The van der Waals surface area contributed by atoms with E-state index < -0.39 is 6.61 Å². The Labute approximate surface area is 115 Å². The fourth-order valence-corrected chi connectivity index (χ4v) is 1.64. The zero-order valence-corrected chi connectivity index (χ0v) is 10.8. The summed E-state index contributed by atoms with van der Waals surface area (Å²) < 4.78 is 33.9. The number of halogens is 2. The standard InChI is InChI=1S/C14H14F2N2O2/c1-19-13-7-6-10(9-18-13)8-17-11-4-2-3-5-12(11)20-14(15)16/h2-7,9,14,17H,8H2,1H3. The highest BCUT2D eigenvalue weighted by Crippen LogP contribution is 2.25. The molecule has 1 N–H and O–H groups in total. The van der Waals surface area contributed by atoms with Gasteiger partial charge in [-0.05, 0) is 17.7 Å². The zero-order chi connectivity index (χ0) is 14.4. The number of ether oxygens (including phenoxy) is 2. The maximum atomic E-state index is 12.3. The van der Waals surface area contributed by atoms with Crippen LogP contribution in [0.15, 0.2) is 42.6 Å². The number of hydrogen-bond donors (Lipinski definition) is 1. The highest BCUT2D eigenvalue weighted by molar-refractivity contribution is 5.56. The highest BCUT2D eigenvalue weighted by Gasteiger charge is 2.08. The number of nitrogens with one attached hydrogen (secondary N) is 1. The number of nitrogens with zero attached hydrogens (tertiary/aromatic N) is 1. The van der Waals surface area contributed by atoms with Crippen LogP contribution in [0.1, 0.15) is 5.56 Å². The van der Waals surface area contributed by atoms with Crippen LogP contribution in [0.4, 0.5) is 14.5 Å². The second-order valence-electron chi connectivity index (χ2n) is 3.94. The zero-order valence-electron chi connectivity index (χ0n) is 10.8. The van der Waals surface area contributed by atoms with Crippen LogP contribution in [0.25, 0.3) is 0 Å². The van der Waals surface area contributed by atoms with Gasteiger partial charge in [-0.1, -0.05) is 18.2 Å². The van der Waals surface area contributed by atoms with Crippen LogP contribution >= 0.6 is 0 Å². The van der Waals surface area contributed by atoms with Crippen LogP contribution in [-0.4, -0.2) is 18.7 Å². The second-order valence-corrected chi connectivity index (χ2v) is 3.94. The summed E-state index contributed by atoms with van der Waals surface area (Å²) >= 11 is 0. The largest absolute Gasteiger partial charge is 0.481 e. The molecule has 2 aromatic rings. The van der Waals surface area contributed by atoms with Crippen LogP contribution in [0, 0.1) is 0 Å². The summed E-state index contributed by atoms with van der Waals surface area (Å²) in [6.07, 6.45) is 1.66. The smallest absolute Gasteiger partial charge is 0.387 e. The molecule has 0 fully saturated rings. The van der Waals surface area contributed by atoms with Gasteiger partial charge in [-0.25, -0.2) is 4.98 Å². The van der Waals surface area contributed by atoms with Gasteiger partial charge in [0.15, 0.2) is 0 Å². The average Bonchev–Trinajstić information content (AvgIpc) is 2.46. The third kappa shape index (κ3) is 3.81. The maximum Gasteiger partial charge on any atom is 0.387 e. The molecule has 4 nitrogen and oxygen atoms in total. The molecule has 0 aliphatic carbocycles. The predicted molar refractivity (Wildman–Crippen MR) is 71.2 cm³/mol. The number of benzene rings is 1. The topological polar surface area (TPSA) is 43.4 Å². The van der Waals surface area contributed by atoms with Gasteiger partial charge in [0.2, 0.25) is 5.88 Å². The van der Waals surface area contributed by atoms with E-state index in [0.29, 0.717) is 18.1 Å². The Hall–Kier alpha value is -2.37. The molecule has 20 heavy (non-hydrogen) atoms. The first kappa shape index (κ1) is 14.0. The lowest BCUT2D eigenvalue weighted by atomic mass is 10.2. The number of anilines is 1. The average molecular weight is 280 g/mol. The van der Waals surface area contributed by atoms with Crippen LogP contribution in [0.5, 0.6) is 11.6 Å². The van der Waals surface area contributed by atoms with E-state index in [1.165, 1.54) is 13.2 Å². The Kier molecular flexibility index (Phi) is 4.70. The van der Waals surface area contributed by atoms with E-state index in [9.17, 15) is 8.78 Å². The lowest BCUT2D eigenvalue weighted by molar-refractivity contribution is -0.0493. The summed E-state index contributed by atoms with van der Waals surface area (Å²) in [4.78, 5) is 4.07. The number of methoxy groups -OCH3 is 1. The van der Waals surface area contributed by atoms with E-state index in [2.05, 4.69) is 15.0 Å². The molecule has 0 saturated carbocycles. The van der Waals surface area contributed by atoms with E-state index >= 15 is 0 Å². The minimum absolute atomic E-state index is 0.115. The first-order chi connectivity index (χ1) is 9.69. The first-order valence-electron chi connectivity index (χ1n) is 5.95. The molecular formula is C14H14F2N2O2. The molecular weight excluding hydrogens is 266 g/mol. The Morgan fingerprint density at radius 2 is 2.00 bits per heavy atom. The summed E-state index contributed by atoms with van der Waals surface area (Å²) in [6.45, 7) is -2.40. The molecule has 1 heterocycles. The Morgan fingerprint density at radius 3 is 2.65 bits per heavy atom. The van der Waals surface area contributed by atoms with Gasteiger partial charge in [-0.2, -0.15) is 8.78 Å². The van der Waals surface area contributed by atoms with E-state index in [4.69, 9.17) is 4.74 Å². The molecule has 0 unspecified atom stereocenters. The van der Waals surface area contributed by atoms with Crippen LogP contribution in [0.3, 0.4) is 0 Å². The van der Waals surface area contributed by atoms with Gasteiger partial charge in [-0.3, -0.25) is 0 Å². The SMILES string of the molecule is COc1ccc(CNc2ccccc2OC(F)F)cn1. The first-order valence-corrected chi connectivity index (χ1v) is 5.95. The van der Waals surface area contributed by atoms with Crippen molar-refractivity contribution in [3.8, 4) is 11.6 Å². The number of aromatic nitrogens is 1. The van der Waals surface area contributed by atoms with Crippen molar-refractivity contribution in [3.05, 3.63) is 48.2 Å². The van der Waals surface area contributed by atoms with Crippen LogP contribution in [-0.2, 0) is 6.54 Å². The van der Waals surface area contributed by atoms with Crippen molar-refractivity contribution < 1.29 is 18.3 Å². The van der Waals surface area contributed by atoms with Crippen molar-refractivity contribution in [3.63, 3.8) is 0 Å². The van der Waals surface area contributed by atoms with Crippen molar-refractivity contribution in [2.75, 3.05) is 12.4 Å².